The molecule has 0 aliphatic heterocycles. The Hall–Kier alpha value is -3.74. The molecule has 0 rings (SSSR count). The highest BCUT2D eigenvalue weighted by Gasteiger charge is 2.04. The second kappa shape index (κ2) is 72.5. The summed E-state index contributed by atoms with van der Waals surface area (Å²) in [6, 6.07) is 0. The first-order valence-electron chi connectivity index (χ1n) is 25.2. The molecule has 0 aliphatic rings. The summed E-state index contributed by atoms with van der Waals surface area (Å²) < 4.78 is 51.0. The van der Waals surface area contributed by atoms with Gasteiger partial charge in [0.15, 0.2) is 0 Å². The molecule has 0 spiro atoms. The van der Waals surface area contributed by atoms with Crippen molar-refractivity contribution in [3.63, 3.8) is 0 Å². The predicted octanol–water partition coefficient (Wildman–Crippen LogP) is 1.34. The van der Waals surface area contributed by atoms with Crippen LogP contribution in [0.2, 0.25) is 0 Å². The van der Waals surface area contributed by atoms with Gasteiger partial charge in [0.2, 0.25) is 5.91 Å². The molecule has 0 aromatic rings. The molecule has 0 aromatic carbocycles. The van der Waals surface area contributed by atoms with Crippen molar-refractivity contribution in [3.05, 3.63) is 0 Å². The SMILES string of the molecule is CCCCOCCCCOCCCNC(=O)CCC(=O)O.NCCCCOCCOCCCCCC(=O)O.NCCOCCOCC(=O)O.NCCOCCOCCC(=O)O.NCCOCCOCCC(=O)O. The van der Waals surface area contributed by atoms with Gasteiger partial charge in [0.25, 0.3) is 0 Å². The van der Waals surface area contributed by atoms with Crippen molar-refractivity contribution in [1.29, 1.82) is 0 Å². The first-order chi connectivity index (χ1) is 35.2. The highest BCUT2D eigenvalue weighted by atomic mass is 16.5. The maximum Gasteiger partial charge on any atom is 0.329 e. The number of carbonyl (C=O) groups excluding carboxylic acids is 1. The molecular formula is C47H97N5O21. The number of rotatable bonds is 51. The number of amides is 1. The van der Waals surface area contributed by atoms with Gasteiger partial charge in [0.05, 0.1) is 105 Å². The minimum absolute atomic E-state index is 0.0359. The number of carboxylic acid groups (broad SMARTS) is 5. The molecular weight excluding hydrogens is 971 g/mol. The van der Waals surface area contributed by atoms with Gasteiger partial charge in [-0.05, 0) is 57.9 Å². The molecule has 73 heavy (non-hydrogen) atoms. The smallest absolute Gasteiger partial charge is 0.329 e. The lowest BCUT2D eigenvalue weighted by atomic mass is 10.2. The van der Waals surface area contributed by atoms with E-state index in [-0.39, 0.29) is 57.8 Å². The van der Waals surface area contributed by atoms with Crippen LogP contribution in [-0.2, 0) is 76.1 Å². The van der Waals surface area contributed by atoms with Crippen LogP contribution in [0.3, 0.4) is 0 Å². The van der Waals surface area contributed by atoms with Crippen LogP contribution in [0.4, 0.5) is 0 Å². The number of carbonyl (C=O) groups is 6. The zero-order valence-corrected chi connectivity index (χ0v) is 43.9. The quantitative estimate of drug-likeness (QED) is 0.0384. The molecule has 1 amide bonds. The van der Waals surface area contributed by atoms with Crippen LogP contribution in [0, 0.1) is 0 Å². The van der Waals surface area contributed by atoms with Gasteiger partial charge >= 0.3 is 29.8 Å². The van der Waals surface area contributed by atoms with Gasteiger partial charge in [0, 0.05) is 78.7 Å². The lowest BCUT2D eigenvalue weighted by Crippen LogP contribution is -2.25. The molecule has 0 bridgehead atoms. The summed E-state index contributed by atoms with van der Waals surface area (Å²) >= 11 is 0. The number of unbranched alkanes of at least 4 members (excludes halogenated alkanes) is 5. The average Bonchev–Trinajstić information content (AvgIpc) is 3.35. The van der Waals surface area contributed by atoms with Crippen LogP contribution >= 0.6 is 0 Å². The molecule has 14 N–H and O–H groups in total. The van der Waals surface area contributed by atoms with Crippen molar-refractivity contribution in [2.75, 3.05) is 165 Å². The fourth-order valence-electron chi connectivity index (χ4n) is 4.49. The maximum absolute atomic E-state index is 11.2. The van der Waals surface area contributed by atoms with Gasteiger partial charge in [-0.3, -0.25) is 24.0 Å². The standard InChI is InChI=1S/C15H29NO5.C12H25NO4.2C7H15NO4.C6H13NO4/c1-2-3-10-20-11-4-5-12-21-13-6-9-16-14(17)7-8-15(18)19;13-7-3-5-9-17-11-10-16-8-4-1-2-6-12(14)15;2*8-2-4-12-6-5-11-3-1-7(9)10;7-1-2-10-3-4-11-5-6(8)9/h2-13H2,1H3,(H,16,17)(H,18,19);1-11,13H2,(H,14,15);2*1-6,8H2,(H,9,10);1-5,7H2,(H,8,9). The Morgan fingerprint density at radius 2 is 0.658 bits per heavy atom. The Labute approximate surface area is 433 Å². The molecule has 26 heteroatoms. The molecule has 0 unspecified atom stereocenters. The summed E-state index contributed by atoms with van der Waals surface area (Å²) in [5.41, 5.74) is 20.8. The van der Waals surface area contributed by atoms with E-state index in [1.807, 2.05) is 0 Å². The van der Waals surface area contributed by atoms with E-state index in [4.69, 9.17) is 91.1 Å². The second-order valence-electron chi connectivity index (χ2n) is 15.0. The Bertz CT molecular complexity index is 1160. The van der Waals surface area contributed by atoms with Crippen molar-refractivity contribution in [2.24, 2.45) is 22.9 Å². The van der Waals surface area contributed by atoms with E-state index in [2.05, 4.69) is 17.0 Å². The largest absolute Gasteiger partial charge is 0.481 e. The van der Waals surface area contributed by atoms with E-state index in [0.29, 0.717) is 119 Å². The summed E-state index contributed by atoms with van der Waals surface area (Å²) in [4.78, 5) is 61.6. The monoisotopic (exact) mass is 1070 g/mol. The maximum atomic E-state index is 11.2. The summed E-state index contributed by atoms with van der Waals surface area (Å²) in [6.45, 7) is 14.7. The molecule has 0 heterocycles. The van der Waals surface area contributed by atoms with Gasteiger partial charge in [0.1, 0.15) is 6.61 Å². The minimum atomic E-state index is -0.969. The Kier molecular flexibility index (Phi) is 77.6. The summed E-state index contributed by atoms with van der Waals surface area (Å²) in [7, 11) is 0. The third-order valence-corrected chi connectivity index (χ3v) is 8.17. The summed E-state index contributed by atoms with van der Waals surface area (Å²) in [6.07, 6.45) is 9.83. The van der Waals surface area contributed by atoms with Crippen molar-refractivity contribution in [3.8, 4) is 0 Å². The number of aliphatic carboxylic acids is 5. The van der Waals surface area contributed by atoms with E-state index in [9.17, 15) is 28.8 Å². The topological polar surface area (TPSA) is 412 Å². The average molecular weight is 1070 g/mol. The third kappa shape index (κ3) is 98.1. The van der Waals surface area contributed by atoms with Crippen LogP contribution < -0.4 is 28.3 Å². The van der Waals surface area contributed by atoms with E-state index >= 15 is 0 Å². The zero-order valence-electron chi connectivity index (χ0n) is 43.9. The Morgan fingerprint density at radius 1 is 0.315 bits per heavy atom. The van der Waals surface area contributed by atoms with E-state index in [0.717, 1.165) is 90.6 Å². The summed E-state index contributed by atoms with van der Waals surface area (Å²) in [5, 5.41) is 44.1. The summed E-state index contributed by atoms with van der Waals surface area (Å²) in [5.74, 6) is -4.56. The Balaban J connectivity index is -0.000000270. The molecule has 0 aromatic heterocycles. The van der Waals surface area contributed by atoms with Gasteiger partial charge in [-0.2, -0.15) is 0 Å². The van der Waals surface area contributed by atoms with E-state index in [1.165, 1.54) is 0 Å². The van der Waals surface area contributed by atoms with Gasteiger partial charge in [-0.1, -0.05) is 19.8 Å². The fraction of sp³-hybridized carbons (Fsp3) is 0.872. The van der Waals surface area contributed by atoms with Crippen LogP contribution in [0.5, 0.6) is 0 Å². The number of nitrogens with one attached hydrogen (secondary N) is 1. The third-order valence-electron chi connectivity index (χ3n) is 8.17. The van der Waals surface area contributed by atoms with Crippen molar-refractivity contribution < 1.29 is 102 Å². The van der Waals surface area contributed by atoms with Crippen LogP contribution in [0.1, 0.15) is 103 Å². The molecule has 0 radical (unpaired) electrons. The van der Waals surface area contributed by atoms with Gasteiger partial charge in [-0.15, -0.1) is 0 Å². The molecule has 0 saturated heterocycles. The van der Waals surface area contributed by atoms with Crippen molar-refractivity contribution >= 4 is 35.8 Å². The van der Waals surface area contributed by atoms with Crippen molar-refractivity contribution in [2.45, 2.75) is 103 Å². The zero-order chi connectivity index (χ0) is 55.5. The predicted molar refractivity (Wildman–Crippen MR) is 271 cm³/mol. The number of nitrogens with two attached hydrogens (primary N) is 4. The van der Waals surface area contributed by atoms with Gasteiger partial charge in [-0.25, -0.2) is 4.79 Å². The number of ether oxygens (including phenoxy) is 10. The highest BCUT2D eigenvalue weighted by molar-refractivity contribution is 5.80. The number of hydrogen-bond acceptors (Lipinski definition) is 20. The second-order valence-corrected chi connectivity index (χ2v) is 15.0. The lowest BCUT2D eigenvalue weighted by molar-refractivity contribution is -0.143. The highest BCUT2D eigenvalue weighted by Crippen LogP contribution is 2.00. The van der Waals surface area contributed by atoms with E-state index in [1.54, 1.807) is 0 Å². The molecule has 0 atom stereocenters. The molecule has 0 aliphatic carbocycles. The normalized spacial score (nSPS) is 10.3. The number of carboxylic acids is 5. The first-order valence-corrected chi connectivity index (χ1v) is 25.2. The lowest BCUT2D eigenvalue weighted by Gasteiger charge is -2.06. The van der Waals surface area contributed by atoms with Crippen LogP contribution in [0.15, 0.2) is 0 Å². The minimum Gasteiger partial charge on any atom is -0.481 e. The Morgan fingerprint density at radius 3 is 1.04 bits per heavy atom. The van der Waals surface area contributed by atoms with Gasteiger partial charge < -0.3 is 101 Å². The number of hydrogen-bond donors (Lipinski definition) is 10. The molecule has 26 nitrogen and oxygen atoms in total. The molecule has 436 valence electrons. The van der Waals surface area contributed by atoms with Crippen LogP contribution in [0.25, 0.3) is 0 Å². The fourth-order valence-corrected chi connectivity index (χ4v) is 4.49. The van der Waals surface area contributed by atoms with Crippen LogP contribution in [-0.4, -0.2) is 226 Å². The molecule has 0 fully saturated rings. The first kappa shape index (κ1) is 78.2. The van der Waals surface area contributed by atoms with E-state index < -0.39 is 29.8 Å². The van der Waals surface area contributed by atoms with Crippen molar-refractivity contribution in [1.82, 2.24) is 5.32 Å². The molecule has 0 saturated carbocycles.